The fourth-order valence-electron chi connectivity index (χ4n) is 5.73. The summed E-state index contributed by atoms with van der Waals surface area (Å²) < 4.78 is 81.3. The fraction of sp³-hybridized carbons (Fsp3) is 0.519. The number of nitrogens with zero attached hydrogens (tertiary/aromatic N) is 3. The van der Waals surface area contributed by atoms with Gasteiger partial charge in [0.1, 0.15) is 11.4 Å². The molecule has 3 heterocycles. The van der Waals surface area contributed by atoms with E-state index in [-0.39, 0.29) is 36.8 Å². The number of rotatable bonds is 4. The van der Waals surface area contributed by atoms with Gasteiger partial charge in [0.05, 0.1) is 30.5 Å². The van der Waals surface area contributed by atoms with Crippen molar-refractivity contribution in [2.45, 2.75) is 44.1 Å². The van der Waals surface area contributed by atoms with E-state index in [4.69, 9.17) is 14.7 Å². The Morgan fingerprint density at radius 1 is 0.865 bits per heavy atom. The summed E-state index contributed by atoms with van der Waals surface area (Å²) >= 11 is 0. The SMILES string of the molecule is N#Cc1ccc(N2CCC(c3ccc(N4CCC(C5OCCO5)CC4)cc3F)CC2)c(F)c1C(F)(F)F. The molecule has 2 aromatic rings. The van der Waals surface area contributed by atoms with E-state index in [0.29, 0.717) is 37.5 Å². The molecule has 3 aliphatic rings. The molecular weight excluding hydrogens is 493 g/mol. The summed E-state index contributed by atoms with van der Waals surface area (Å²) in [6, 6.07) is 8.91. The highest BCUT2D eigenvalue weighted by molar-refractivity contribution is 5.57. The van der Waals surface area contributed by atoms with Gasteiger partial charge in [-0.05, 0) is 61.4 Å². The first-order valence-corrected chi connectivity index (χ1v) is 12.6. The summed E-state index contributed by atoms with van der Waals surface area (Å²) in [5, 5.41) is 8.97. The number of piperidine rings is 2. The van der Waals surface area contributed by atoms with Crippen LogP contribution < -0.4 is 9.80 Å². The van der Waals surface area contributed by atoms with Gasteiger partial charge in [-0.2, -0.15) is 18.4 Å². The van der Waals surface area contributed by atoms with E-state index in [0.717, 1.165) is 37.7 Å². The van der Waals surface area contributed by atoms with Crippen molar-refractivity contribution in [1.29, 1.82) is 5.26 Å². The molecule has 198 valence electrons. The second-order valence-corrected chi connectivity index (χ2v) is 9.83. The Morgan fingerprint density at radius 2 is 1.51 bits per heavy atom. The fourth-order valence-corrected chi connectivity index (χ4v) is 5.73. The van der Waals surface area contributed by atoms with E-state index in [2.05, 4.69) is 4.90 Å². The Hall–Kier alpha value is -2.90. The maximum absolute atomic E-state index is 15.2. The first-order valence-electron chi connectivity index (χ1n) is 12.6. The lowest BCUT2D eigenvalue weighted by atomic mass is 9.88. The number of ether oxygens (including phenoxy) is 2. The molecule has 0 amide bonds. The van der Waals surface area contributed by atoms with Crippen molar-refractivity contribution >= 4 is 11.4 Å². The first-order chi connectivity index (χ1) is 17.8. The molecule has 0 atom stereocenters. The topological polar surface area (TPSA) is 48.7 Å². The average molecular weight is 522 g/mol. The minimum Gasteiger partial charge on any atom is -0.371 e. The standard InChI is InChI=1S/C27H28F5N3O2/c28-22-15-20(34-9-7-18(8-10-34)26-36-13-14-37-26)2-3-21(22)17-5-11-35(12-6-17)23-4-1-19(16-33)24(25(23)29)27(30,31)32/h1-4,15,17-18,26H,5-14H2. The van der Waals surface area contributed by atoms with Gasteiger partial charge in [-0.3, -0.25) is 0 Å². The number of benzene rings is 2. The summed E-state index contributed by atoms with van der Waals surface area (Å²) in [4.78, 5) is 3.70. The molecule has 0 radical (unpaired) electrons. The van der Waals surface area contributed by atoms with Gasteiger partial charge in [0.25, 0.3) is 0 Å². The third-order valence-electron chi connectivity index (χ3n) is 7.72. The molecule has 0 spiro atoms. The first kappa shape index (κ1) is 25.7. The molecule has 5 nitrogen and oxygen atoms in total. The minimum atomic E-state index is -4.97. The molecule has 3 saturated heterocycles. The molecule has 0 aliphatic carbocycles. The highest BCUT2D eigenvalue weighted by atomic mass is 19.4. The summed E-state index contributed by atoms with van der Waals surface area (Å²) in [6.07, 6.45) is -2.33. The molecule has 37 heavy (non-hydrogen) atoms. The van der Waals surface area contributed by atoms with Crippen molar-refractivity contribution in [3.05, 3.63) is 58.7 Å². The second-order valence-electron chi connectivity index (χ2n) is 9.83. The van der Waals surface area contributed by atoms with Gasteiger partial charge in [-0.25, -0.2) is 8.78 Å². The second kappa shape index (κ2) is 10.5. The number of halogens is 5. The van der Waals surface area contributed by atoms with Gasteiger partial charge in [-0.1, -0.05) is 6.07 Å². The van der Waals surface area contributed by atoms with Gasteiger partial charge in [-0.15, -0.1) is 0 Å². The zero-order valence-corrected chi connectivity index (χ0v) is 20.2. The largest absolute Gasteiger partial charge is 0.420 e. The predicted octanol–water partition coefficient (Wildman–Crippen LogP) is 5.83. The van der Waals surface area contributed by atoms with Crippen molar-refractivity contribution in [2.24, 2.45) is 5.92 Å². The average Bonchev–Trinajstić information content (AvgIpc) is 3.43. The number of hydrogen-bond donors (Lipinski definition) is 0. The van der Waals surface area contributed by atoms with E-state index in [1.54, 1.807) is 12.1 Å². The zero-order chi connectivity index (χ0) is 26.2. The maximum atomic E-state index is 15.2. The molecule has 0 N–H and O–H groups in total. The summed E-state index contributed by atoms with van der Waals surface area (Å²) in [6.45, 7) is 3.42. The van der Waals surface area contributed by atoms with Crippen LogP contribution in [0, 0.1) is 28.9 Å². The Labute approximate surface area is 212 Å². The van der Waals surface area contributed by atoms with Gasteiger partial charge in [0.15, 0.2) is 12.1 Å². The molecule has 5 rings (SSSR count). The van der Waals surface area contributed by atoms with Crippen LogP contribution in [0.25, 0.3) is 0 Å². The Kier molecular flexibility index (Phi) is 7.28. The number of alkyl halides is 3. The van der Waals surface area contributed by atoms with Gasteiger partial charge < -0.3 is 19.3 Å². The van der Waals surface area contributed by atoms with Crippen LogP contribution in [0.5, 0.6) is 0 Å². The van der Waals surface area contributed by atoms with Crippen molar-refractivity contribution in [2.75, 3.05) is 49.2 Å². The van der Waals surface area contributed by atoms with E-state index in [9.17, 15) is 17.6 Å². The maximum Gasteiger partial charge on any atom is 0.420 e. The number of hydrogen-bond acceptors (Lipinski definition) is 5. The summed E-state index contributed by atoms with van der Waals surface area (Å²) in [7, 11) is 0. The highest BCUT2D eigenvalue weighted by Gasteiger charge is 2.39. The molecule has 0 bridgehead atoms. The third-order valence-corrected chi connectivity index (χ3v) is 7.72. The van der Waals surface area contributed by atoms with Crippen LogP contribution in [-0.4, -0.2) is 45.7 Å². The zero-order valence-electron chi connectivity index (χ0n) is 20.2. The van der Waals surface area contributed by atoms with E-state index < -0.39 is 23.1 Å². The molecule has 3 aliphatic heterocycles. The molecule has 3 fully saturated rings. The highest BCUT2D eigenvalue weighted by Crippen LogP contribution is 2.40. The normalized spacial score (nSPS) is 20.4. The van der Waals surface area contributed by atoms with E-state index in [1.807, 2.05) is 6.07 Å². The van der Waals surface area contributed by atoms with Crippen LogP contribution in [-0.2, 0) is 15.7 Å². The van der Waals surface area contributed by atoms with E-state index >= 15 is 4.39 Å². The van der Waals surface area contributed by atoms with Crippen LogP contribution in [0.1, 0.15) is 48.3 Å². The van der Waals surface area contributed by atoms with Crippen LogP contribution in [0.3, 0.4) is 0 Å². The smallest absolute Gasteiger partial charge is 0.371 e. The van der Waals surface area contributed by atoms with Gasteiger partial charge in [0.2, 0.25) is 0 Å². The molecule has 0 unspecified atom stereocenters. The van der Waals surface area contributed by atoms with Gasteiger partial charge in [0, 0.05) is 37.8 Å². The van der Waals surface area contributed by atoms with E-state index in [1.165, 1.54) is 17.0 Å². The molecule has 0 aromatic heterocycles. The monoisotopic (exact) mass is 521 g/mol. The quantitative estimate of drug-likeness (QED) is 0.474. The lowest BCUT2D eigenvalue weighted by Crippen LogP contribution is -2.38. The summed E-state index contributed by atoms with van der Waals surface area (Å²) in [5.41, 5.74) is -1.07. The van der Waals surface area contributed by atoms with Crippen LogP contribution in [0.2, 0.25) is 0 Å². The van der Waals surface area contributed by atoms with Crippen molar-refractivity contribution < 1.29 is 31.4 Å². The number of nitriles is 1. The Morgan fingerprint density at radius 3 is 2.11 bits per heavy atom. The van der Waals surface area contributed by atoms with Crippen LogP contribution in [0.4, 0.5) is 33.3 Å². The molecule has 2 aromatic carbocycles. The number of anilines is 2. The van der Waals surface area contributed by atoms with Crippen molar-refractivity contribution in [3.8, 4) is 6.07 Å². The minimum absolute atomic E-state index is 0.115. The lowest BCUT2D eigenvalue weighted by molar-refractivity contribution is -0.140. The van der Waals surface area contributed by atoms with Gasteiger partial charge >= 0.3 is 6.18 Å². The van der Waals surface area contributed by atoms with Crippen molar-refractivity contribution in [3.63, 3.8) is 0 Å². The predicted molar refractivity (Wildman–Crippen MR) is 127 cm³/mol. The Bertz CT molecular complexity index is 1160. The van der Waals surface area contributed by atoms with Crippen LogP contribution >= 0.6 is 0 Å². The third kappa shape index (κ3) is 5.25. The molecule has 10 heteroatoms. The lowest BCUT2D eigenvalue weighted by Gasteiger charge is -2.36. The Balaban J connectivity index is 1.22. The molecule has 0 saturated carbocycles. The van der Waals surface area contributed by atoms with Crippen molar-refractivity contribution in [1.82, 2.24) is 0 Å². The molecular formula is C27H28F5N3O2. The van der Waals surface area contributed by atoms with Crippen LogP contribution in [0.15, 0.2) is 30.3 Å². The summed E-state index contributed by atoms with van der Waals surface area (Å²) in [5.74, 6) is -1.50.